The van der Waals surface area contributed by atoms with E-state index in [1.165, 1.54) is 5.56 Å². The predicted octanol–water partition coefficient (Wildman–Crippen LogP) is 3.21. The Morgan fingerprint density at radius 3 is 2.42 bits per heavy atom. The maximum absolute atomic E-state index is 5.62. The van der Waals surface area contributed by atoms with E-state index < -0.39 is 0 Å². The third-order valence-corrected chi connectivity index (χ3v) is 3.26. The largest absolute Gasteiger partial charge is 0.330 e. The Labute approximate surface area is 114 Å². The highest BCUT2D eigenvalue weighted by Crippen LogP contribution is 2.22. The number of nitrogens with zero attached hydrogens (tertiary/aromatic N) is 2. The highest BCUT2D eigenvalue weighted by Gasteiger charge is 2.11. The summed E-state index contributed by atoms with van der Waals surface area (Å²) in [5.41, 5.74) is 10.0. The fraction of sp³-hybridized carbons (Fsp3) is 0.375. The summed E-state index contributed by atoms with van der Waals surface area (Å²) in [6.45, 7) is 6.89. The van der Waals surface area contributed by atoms with E-state index >= 15 is 0 Å². The summed E-state index contributed by atoms with van der Waals surface area (Å²) in [6, 6.07) is 10.5. The minimum absolute atomic E-state index is 0.300. The van der Waals surface area contributed by atoms with Gasteiger partial charge in [-0.25, -0.2) is 9.97 Å². The number of nitrogens with two attached hydrogens (primary N) is 1. The zero-order chi connectivity index (χ0) is 13.8. The van der Waals surface area contributed by atoms with Crippen LogP contribution in [0.15, 0.2) is 30.3 Å². The zero-order valence-corrected chi connectivity index (χ0v) is 11.9. The maximum Gasteiger partial charge on any atom is 0.132 e. The molecule has 19 heavy (non-hydrogen) atoms. The Bertz CT molecular complexity index is 546. The zero-order valence-electron chi connectivity index (χ0n) is 11.9. The van der Waals surface area contributed by atoms with Gasteiger partial charge in [0, 0.05) is 17.2 Å². The van der Waals surface area contributed by atoms with E-state index in [9.17, 15) is 0 Å². The third-order valence-electron chi connectivity index (χ3n) is 3.26. The van der Waals surface area contributed by atoms with Gasteiger partial charge in [0.1, 0.15) is 5.82 Å². The van der Waals surface area contributed by atoms with Gasteiger partial charge < -0.3 is 5.73 Å². The molecule has 100 valence electrons. The van der Waals surface area contributed by atoms with Crippen LogP contribution in [0.2, 0.25) is 0 Å². The summed E-state index contributed by atoms with van der Waals surface area (Å²) < 4.78 is 0. The molecule has 3 nitrogen and oxygen atoms in total. The second-order valence-electron chi connectivity index (χ2n) is 5.10. The third kappa shape index (κ3) is 3.38. The first kappa shape index (κ1) is 13.7. The molecule has 0 amide bonds. The molecule has 0 saturated heterocycles. The van der Waals surface area contributed by atoms with Gasteiger partial charge in [-0.05, 0) is 32.9 Å². The SMILES string of the molecule is Cc1ccc(-c2cc(C)nc(C(C)CCN)n2)cc1. The first-order valence-corrected chi connectivity index (χ1v) is 6.73. The van der Waals surface area contributed by atoms with Crippen LogP contribution in [0.4, 0.5) is 0 Å². The normalized spacial score (nSPS) is 12.4. The predicted molar refractivity (Wildman–Crippen MR) is 79.0 cm³/mol. The van der Waals surface area contributed by atoms with Crippen molar-refractivity contribution in [3.8, 4) is 11.3 Å². The molecule has 0 radical (unpaired) electrons. The van der Waals surface area contributed by atoms with E-state index in [0.717, 1.165) is 29.2 Å². The second-order valence-corrected chi connectivity index (χ2v) is 5.10. The van der Waals surface area contributed by atoms with Crippen LogP contribution in [-0.4, -0.2) is 16.5 Å². The summed E-state index contributed by atoms with van der Waals surface area (Å²) in [5, 5.41) is 0. The van der Waals surface area contributed by atoms with Crippen molar-refractivity contribution in [1.82, 2.24) is 9.97 Å². The van der Waals surface area contributed by atoms with Crippen LogP contribution in [0.25, 0.3) is 11.3 Å². The van der Waals surface area contributed by atoms with Crippen LogP contribution in [0.5, 0.6) is 0 Å². The highest BCUT2D eigenvalue weighted by molar-refractivity contribution is 5.59. The van der Waals surface area contributed by atoms with E-state index in [0.29, 0.717) is 12.5 Å². The number of hydrogen-bond donors (Lipinski definition) is 1. The molecule has 1 heterocycles. The van der Waals surface area contributed by atoms with Crippen molar-refractivity contribution in [3.63, 3.8) is 0 Å². The number of aryl methyl sites for hydroxylation is 2. The first-order chi connectivity index (χ1) is 9.10. The van der Waals surface area contributed by atoms with Gasteiger partial charge in [0.15, 0.2) is 0 Å². The molecule has 0 aliphatic carbocycles. The Balaban J connectivity index is 2.38. The van der Waals surface area contributed by atoms with Gasteiger partial charge in [-0.2, -0.15) is 0 Å². The molecular formula is C16H21N3. The van der Waals surface area contributed by atoms with E-state index in [-0.39, 0.29) is 0 Å². The van der Waals surface area contributed by atoms with Crippen LogP contribution in [0.3, 0.4) is 0 Å². The van der Waals surface area contributed by atoms with Gasteiger partial charge in [0.2, 0.25) is 0 Å². The molecule has 2 rings (SSSR count). The van der Waals surface area contributed by atoms with Gasteiger partial charge in [-0.3, -0.25) is 0 Å². The quantitative estimate of drug-likeness (QED) is 0.912. The lowest BCUT2D eigenvalue weighted by Gasteiger charge is -2.11. The van der Waals surface area contributed by atoms with Gasteiger partial charge in [0.25, 0.3) is 0 Å². The Morgan fingerprint density at radius 2 is 1.79 bits per heavy atom. The van der Waals surface area contributed by atoms with E-state index in [2.05, 4.69) is 48.1 Å². The Hall–Kier alpha value is -1.74. The van der Waals surface area contributed by atoms with Gasteiger partial charge >= 0.3 is 0 Å². The smallest absolute Gasteiger partial charge is 0.132 e. The van der Waals surface area contributed by atoms with Crippen molar-refractivity contribution in [2.24, 2.45) is 5.73 Å². The molecule has 2 N–H and O–H groups in total. The molecule has 0 bridgehead atoms. The fourth-order valence-corrected chi connectivity index (χ4v) is 2.06. The minimum Gasteiger partial charge on any atom is -0.330 e. The highest BCUT2D eigenvalue weighted by atomic mass is 14.9. The van der Waals surface area contributed by atoms with Gasteiger partial charge in [-0.15, -0.1) is 0 Å². The molecule has 1 unspecified atom stereocenters. The summed E-state index contributed by atoms with van der Waals surface area (Å²) in [7, 11) is 0. The molecule has 1 atom stereocenters. The summed E-state index contributed by atoms with van der Waals surface area (Å²) >= 11 is 0. The van der Waals surface area contributed by atoms with Gasteiger partial charge in [0.05, 0.1) is 5.69 Å². The molecule has 0 spiro atoms. The molecule has 3 heteroatoms. The molecule has 0 fully saturated rings. The van der Waals surface area contributed by atoms with Crippen LogP contribution in [0.1, 0.15) is 36.3 Å². The van der Waals surface area contributed by atoms with Crippen LogP contribution in [0, 0.1) is 13.8 Å². The Kier molecular flexibility index (Phi) is 4.27. The number of hydrogen-bond acceptors (Lipinski definition) is 3. The van der Waals surface area contributed by atoms with Crippen molar-refractivity contribution < 1.29 is 0 Å². The summed E-state index contributed by atoms with van der Waals surface area (Å²) in [4.78, 5) is 9.21. The molecule has 1 aromatic carbocycles. The van der Waals surface area contributed by atoms with E-state index in [4.69, 9.17) is 5.73 Å². The minimum atomic E-state index is 0.300. The maximum atomic E-state index is 5.62. The van der Waals surface area contributed by atoms with Gasteiger partial charge in [-0.1, -0.05) is 36.8 Å². The topological polar surface area (TPSA) is 51.8 Å². The van der Waals surface area contributed by atoms with Crippen LogP contribution in [-0.2, 0) is 0 Å². The average Bonchev–Trinajstić information content (AvgIpc) is 2.39. The van der Waals surface area contributed by atoms with Crippen molar-refractivity contribution >= 4 is 0 Å². The number of aromatic nitrogens is 2. The Morgan fingerprint density at radius 1 is 1.11 bits per heavy atom. The second kappa shape index (κ2) is 5.93. The molecule has 2 aromatic rings. The molecule has 0 aliphatic heterocycles. The summed E-state index contributed by atoms with van der Waals surface area (Å²) in [5.74, 6) is 1.19. The lowest BCUT2D eigenvalue weighted by Crippen LogP contribution is -2.09. The lowest BCUT2D eigenvalue weighted by molar-refractivity contribution is 0.645. The molecule has 0 saturated carbocycles. The molecular weight excluding hydrogens is 234 g/mol. The number of benzene rings is 1. The van der Waals surface area contributed by atoms with Crippen molar-refractivity contribution in [2.75, 3.05) is 6.54 Å². The lowest BCUT2D eigenvalue weighted by atomic mass is 10.1. The van der Waals surface area contributed by atoms with Crippen molar-refractivity contribution in [2.45, 2.75) is 33.1 Å². The van der Waals surface area contributed by atoms with E-state index in [1.807, 2.05) is 13.0 Å². The van der Waals surface area contributed by atoms with Crippen molar-refractivity contribution in [1.29, 1.82) is 0 Å². The van der Waals surface area contributed by atoms with Crippen molar-refractivity contribution in [3.05, 3.63) is 47.4 Å². The standard InChI is InChI=1S/C16H21N3/c1-11-4-6-14(7-5-11)15-10-13(3)18-16(19-15)12(2)8-9-17/h4-7,10,12H,8-9,17H2,1-3H3. The first-order valence-electron chi connectivity index (χ1n) is 6.73. The fourth-order valence-electron chi connectivity index (χ4n) is 2.06. The average molecular weight is 255 g/mol. The number of rotatable bonds is 4. The molecule has 1 aromatic heterocycles. The van der Waals surface area contributed by atoms with E-state index in [1.54, 1.807) is 0 Å². The monoisotopic (exact) mass is 255 g/mol. The summed E-state index contributed by atoms with van der Waals surface area (Å²) in [6.07, 6.45) is 0.913. The van der Waals surface area contributed by atoms with Crippen LogP contribution >= 0.6 is 0 Å². The van der Waals surface area contributed by atoms with Crippen LogP contribution < -0.4 is 5.73 Å². The molecule has 0 aliphatic rings.